The van der Waals surface area contributed by atoms with Gasteiger partial charge in [-0.25, -0.2) is 0 Å². The number of hydrogen-bond acceptors (Lipinski definition) is 4. The van der Waals surface area contributed by atoms with E-state index in [4.69, 9.17) is 4.74 Å². The van der Waals surface area contributed by atoms with Gasteiger partial charge in [-0.05, 0) is 82.0 Å². The van der Waals surface area contributed by atoms with E-state index in [0.717, 1.165) is 57.3 Å². The summed E-state index contributed by atoms with van der Waals surface area (Å²) in [5.41, 5.74) is 1.91. The highest BCUT2D eigenvalue weighted by molar-refractivity contribution is 5.93. The fourth-order valence-electron chi connectivity index (χ4n) is 5.35. The molecule has 0 bridgehead atoms. The number of carbonyl (C=O) groups is 1. The number of benzene rings is 1. The molecule has 0 unspecified atom stereocenters. The lowest BCUT2D eigenvalue weighted by molar-refractivity contribution is 0.0695. The Morgan fingerprint density at radius 3 is 2.76 bits per heavy atom. The molecule has 4 heterocycles. The summed E-state index contributed by atoms with van der Waals surface area (Å²) >= 11 is 0. The second-order valence-corrected chi connectivity index (χ2v) is 9.44. The zero-order valence-corrected chi connectivity index (χ0v) is 19.5. The second-order valence-electron chi connectivity index (χ2n) is 9.44. The minimum atomic E-state index is 0.0832. The van der Waals surface area contributed by atoms with Crippen LogP contribution in [0, 0.1) is 0 Å². The topological polar surface area (TPSA) is 50.6 Å². The van der Waals surface area contributed by atoms with E-state index in [1.54, 1.807) is 12.4 Å². The number of nitrogens with zero attached hydrogens (tertiary/aromatic N) is 4. The minimum absolute atomic E-state index is 0.0832. The van der Waals surface area contributed by atoms with Crippen LogP contribution >= 0.6 is 0 Å². The molecule has 5 rings (SSSR count). The van der Waals surface area contributed by atoms with Crippen LogP contribution in [0.25, 0.3) is 10.9 Å². The van der Waals surface area contributed by atoms with Crippen LogP contribution in [-0.4, -0.2) is 64.1 Å². The van der Waals surface area contributed by atoms with Crippen LogP contribution in [0.4, 0.5) is 0 Å². The van der Waals surface area contributed by atoms with Crippen molar-refractivity contribution in [3.8, 4) is 5.75 Å². The maximum atomic E-state index is 12.7. The summed E-state index contributed by atoms with van der Waals surface area (Å²) in [7, 11) is 0. The fourth-order valence-corrected chi connectivity index (χ4v) is 5.35. The Balaban J connectivity index is 1.15. The first-order valence-electron chi connectivity index (χ1n) is 12.4. The Morgan fingerprint density at radius 2 is 2.00 bits per heavy atom. The predicted octanol–water partition coefficient (Wildman–Crippen LogP) is 4.77. The number of rotatable bonds is 7. The fraction of sp³-hybridized carbons (Fsp3) is 0.481. The molecule has 0 saturated carbocycles. The number of amides is 1. The van der Waals surface area contributed by atoms with Crippen LogP contribution in [0.2, 0.25) is 0 Å². The van der Waals surface area contributed by atoms with E-state index < -0.39 is 0 Å². The van der Waals surface area contributed by atoms with Gasteiger partial charge in [-0.2, -0.15) is 0 Å². The van der Waals surface area contributed by atoms with Crippen molar-refractivity contribution < 1.29 is 9.53 Å². The van der Waals surface area contributed by atoms with Crippen LogP contribution < -0.4 is 4.74 Å². The van der Waals surface area contributed by atoms with Gasteiger partial charge >= 0.3 is 0 Å². The molecule has 2 aliphatic heterocycles. The van der Waals surface area contributed by atoms with Gasteiger partial charge < -0.3 is 19.1 Å². The number of fused-ring (bicyclic) bond motifs is 1. The van der Waals surface area contributed by atoms with Crippen molar-refractivity contribution in [3.05, 3.63) is 60.6 Å². The largest absolute Gasteiger partial charge is 0.494 e. The normalized spacial score (nSPS) is 19.9. The second kappa shape index (κ2) is 9.96. The summed E-state index contributed by atoms with van der Waals surface area (Å²) < 4.78 is 8.44. The third-order valence-electron chi connectivity index (χ3n) is 7.29. The summed E-state index contributed by atoms with van der Waals surface area (Å²) in [4.78, 5) is 21.3. The molecular formula is C27H34N4O2. The first-order valence-corrected chi connectivity index (χ1v) is 12.4. The van der Waals surface area contributed by atoms with E-state index in [1.165, 1.54) is 30.3 Å². The maximum Gasteiger partial charge on any atom is 0.255 e. The number of carbonyl (C=O) groups excluding carboxylic acids is 1. The van der Waals surface area contributed by atoms with Crippen LogP contribution in [0.1, 0.15) is 55.4 Å². The Kier molecular flexibility index (Phi) is 6.63. The zero-order chi connectivity index (χ0) is 22.6. The van der Waals surface area contributed by atoms with E-state index in [0.29, 0.717) is 11.6 Å². The van der Waals surface area contributed by atoms with Crippen molar-refractivity contribution in [2.45, 2.75) is 51.1 Å². The molecule has 33 heavy (non-hydrogen) atoms. The summed E-state index contributed by atoms with van der Waals surface area (Å²) in [6, 6.07) is 13.4. The van der Waals surface area contributed by atoms with Gasteiger partial charge in [0.2, 0.25) is 0 Å². The van der Waals surface area contributed by atoms with E-state index in [1.807, 2.05) is 17.0 Å². The molecule has 2 saturated heterocycles. The third kappa shape index (κ3) is 4.91. The quantitative estimate of drug-likeness (QED) is 0.491. The molecule has 1 aromatic carbocycles. The molecule has 0 spiro atoms. The van der Waals surface area contributed by atoms with Crippen molar-refractivity contribution in [1.82, 2.24) is 19.4 Å². The summed E-state index contributed by atoms with van der Waals surface area (Å²) in [5, 5.41) is 1.22. The van der Waals surface area contributed by atoms with E-state index in [9.17, 15) is 4.79 Å². The highest BCUT2D eigenvalue weighted by Gasteiger charge is 2.25. The number of hydrogen-bond donors (Lipinski definition) is 0. The van der Waals surface area contributed by atoms with Gasteiger partial charge in [-0.3, -0.25) is 9.78 Å². The first kappa shape index (κ1) is 22.0. The lowest BCUT2D eigenvalue weighted by Crippen LogP contribution is -2.39. The average Bonchev–Trinajstić information content (AvgIpc) is 3.47. The molecular weight excluding hydrogens is 412 g/mol. The summed E-state index contributed by atoms with van der Waals surface area (Å²) in [6.45, 7) is 7.00. The lowest BCUT2D eigenvalue weighted by atomic mass is 10.0. The number of ether oxygens (including phenoxy) is 1. The van der Waals surface area contributed by atoms with E-state index >= 15 is 0 Å². The van der Waals surface area contributed by atoms with Crippen molar-refractivity contribution in [2.75, 3.05) is 32.8 Å². The van der Waals surface area contributed by atoms with Crippen molar-refractivity contribution >= 4 is 16.8 Å². The number of piperidine rings is 1. The Morgan fingerprint density at radius 1 is 1.12 bits per heavy atom. The highest BCUT2D eigenvalue weighted by Crippen LogP contribution is 2.30. The molecule has 1 atom stereocenters. The molecule has 2 aromatic heterocycles. The van der Waals surface area contributed by atoms with Gasteiger partial charge in [0.05, 0.1) is 12.2 Å². The highest BCUT2D eigenvalue weighted by atomic mass is 16.5. The lowest BCUT2D eigenvalue weighted by Gasteiger charge is -2.33. The first-order chi connectivity index (χ1) is 16.2. The van der Waals surface area contributed by atoms with E-state index in [2.05, 4.69) is 51.8 Å². The molecule has 6 nitrogen and oxygen atoms in total. The van der Waals surface area contributed by atoms with Crippen LogP contribution in [0.3, 0.4) is 0 Å². The zero-order valence-electron chi connectivity index (χ0n) is 19.5. The maximum absolute atomic E-state index is 12.7. The number of pyridine rings is 1. The van der Waals surface area contributed by atoms with Crippen LogP contribution in [0.5, 0.6) is 5.75 Å². The molecule has 174 valence electrons. The van der Waals surface area contributed by atoms with Crippen molar-refractivity contribution in [2.24, 2.45) is 0 Å². The molecule has 0 radical (unpaired) electrons. The smallest absolute Gasteiger partial charge is 0.255 e. The Hall–Kier alpha value is -2.86. The molecule has 2 fully saturated rings. The monoisotopic (exact) mass is 446 g/mol. The van der Waals surface area contributed by atoms with Gasteiger partial charge in [-0.15, -0.1) is 0 Å². The molecule has 0 N–H and O–H groups in total. The number of aromatic nitrogens is 2. The third-order valence-corrected chi connectivity index (χ3v) is 7.29. The predicted molar refractivity (Wildman–Crippen MR) is 131 cm³/mol. The van der Waals surface area contributed by atoms with E-state index in [-0.39, 0.29) is 5.91 Å². The minimum Gasteiger partial charge on any atom is -0.494 e. The van der Waals surface area contributed by atoms with Crippen LogP contribution in [0.15, 0.2) is 55.0 Å². The number of likely N-dealkylation sites (tertiary alicyclic amines) is 2. The molecule has 3 aromatic rings. The standard InChI is InChI=1S/C27H34N4O2/c1-21-5-3-13-29(21)14-4-18-33-25-7-8-26-22(19-25)9-17-31(26)24-10-15-30(16-11-24)27(32)23-6-2-12-28-20-23/h2,6-9,12,17,19-21,24H,3-5,10-11,13-16,18H2,1H3/t21-/m1/s1. The summed E-state index contributed by atoms with van der Waals surface area (Å²) in [6.07, 6.45) is 11.2. The van der Waals surface area contributed by atoms with Gasteiger partial charge in [0.1, 0.15) is 5.75 Å². The van der Waals surface area contributed by atoms with Crippen molar-refractivity contribution in [1.29, 1.82) is 0 Å². The van der Waals surface area contributed by atoms with Crippen molar-refractivity contribution in [3.63, 3.8) is 0 Å². The van der Waals surface area contributed by atoms with Gasteiger partial charge in [0.25, 0.3) is 5.91 Å². The van der Waals surface area contributed by atoms with Gasteiger partial charge in [-0.1, -0.05) is 0 Å². The molecule has 1 amide bonds. The van der Waals surface area contributed by atoms with Gasteiger partial charge in [0, 0.05) is 61.2 Å². The SMILES string of the molecule is C[C@@H]1CCCN1CCCOc1ccc2c(ccn2C2CCN(C(=O)c3cccnc3)CC2)c1. The molecule has 0 aliphatic carbocycles. The average molecular weight is 447 g/mol. The van der Waals surface area contributed by atoms with Gasteiger partial charge in [0.15, 0.2) is 0 Å². The molecule has 2 aliphatic rings. The molecule has 6 heteroatoms. The Bertz CT molecular complexity index is 1070. The van der Waals surface area contributed by atoms with Crippen LogP contribution in [-0.2, 0) is 0 Å². The Labute approximate surface area is 196 Å². The summed E-state index contributed by atoms with van der Waals surface area (Å²) in [5.74, 6) is 1.03.